The summed E-state index contributed by atoms with van der Waals surface area (Å²) in [5.74, 6) is 2.60. The van der Waals surface area contributed by atoms with Crippen LogP contribution in [0.25, 0.3) is 0 Å². The number of likely N-dealkylation sites (tertiary alicyclic amines) is 1. The first-order valence-corrected chi connectivity index (χ1v) is 9.11. The van der Waals surface area contributed by atoms with Crippen LogP contribution in [0, 0.1) is 0 Å². The number of piperidine rings is 1. The molecule has 0 saturated carbocycles. The molecule has 0 radical (unpaired) electrons. The molecule has 2 aliphatic heterocycles. The van der Waals surface area contributed by atoms with Crippen molar-refractivity contribution < 1.29 is 19.0 Å². The van der Waals surface area contributed by atoms with Crippen molar-refractivity contribution in [1.29, 1.82) is 0 Å². The Bertz CT molecular complexity index is 518. The Morgan fingerprint density at radius 1 is 1.22 bits per heavy atom. The van der Waals surface area contributed by atoms with Crippen LogP contribution < -0.4 is 9.47 Å². The summed E-state index contributed by atoms with van der Waals surface area (Å²) in [4.78, 5) is 14.1. The number of thioether (sulfide) groups is 1. The van der Waals surface area contributed by atoms with Crippen molar-refractivity contribution in [3.63, 3.8) is 0 Å². The molecule has 23 heavy (non-hydrogen) atoms. The van der Waals surface area contributed by atoms with Crippen LogP contribution in [0.3, 0.4) is 0 Å². The fraction of sp³-hybridized carbons (Fsp3) is 0.588. The number of hydrogen-bond donors (Lipinski definition) is 0. The van der Waals surface area contributed by atoms with Crippen molar-refractivity contribution in [2.45, 2.75) is 24.7 Å². The molecule has 126 valence electrons. The van der Waals surface area contributed by atoms with Gasteiger partial charge < -0.3 is 19.1 Å². The van der Waals surface area contributed by atoms with Crippen LogP contribution in [0.2, 0.25) is 0 Å². The number of amides is 1. The Morgan fingerprint density at radius 2 is 1.87 bits per heavy atom. The molecule has 3 rings (SSSR count). The van der Waals surface area contributed by atoms with Gasteiger partial charge in [-0.1, -0.05) is 0 Å². The maximum Gasteiger partial charge on any atom is 0.260 e. The Labute approximate surface area is 141 Å². The summed E-state index contributed by atoms with van der Waals surface area (Å²) in [7, 11) is 0. The maximum atomic E-state index is 12.3. The van der Waals surface area contributed by atoms with E-state index >= 15 is 0 Å². The van der Waals surface area contributed by atoms with E-state index in [0.29, 0.717) is 12.4 Å². The molecule has 5 nitrogen and oxygen atoms in total. The minimum Gasteiger partial charge on any atom is -0.494 e. The molecule has 1 amide bonds. The second-order valence-electron chi connectivity index (χ2n) is 5.68. The van der Waals surface area contributed by atoms with E-state index in [1.165, 1.54) is 0 Å². The van der Waals surface area contributed by atoms with Crippen molar-refractivity contribution in [2.75, 3.05) is 38.7 Å². The van der Waals surface area contributed by atoms with Gasteiger partial charge >= 0.3 is 0 Å². The van der Waals surface area contributed by atoms with E-state index in [-0.39, 0.29) is 17.4 Å². The molecule has 2 aliphatic rings. The Morgan fingerprint density at radius 3 is 2.43 bits per heavy atom. The van der Waals surface area contributed by atoms with Gasteiger partial charge in [0.1, 0.15) is 16.4 Å². The summed E-state index contributed by atoms with van der Waals surface area (Å²) in [5.41, 5.74) is 0. The second kappa shape index (κ2) is 7.45. The lowest BCUT2D eigenvalue weighted by Gasteiger charge is -2.37. The van der Waals surface area contributed by atoms with Gasteiger partial charge in [0.05, 0.1) is 13.2 Å². The highest BCUT2D eigenvalue weighted by Gasteiger charge is 2.40. The topological polar surface area (TPSA) is 48.0 Å². The van der Waals surface area contributed by atoms with Gasteiger partial charge in [-0.15, -0.1) is 11.8 Å². The van der Waals surface area contributed by atoms with Crippen molar-refractivity contribution in [3.8, 4) is 11.5 Å². The Balaban J connectivity index is 1.44. The summed E-state index contributed by atoms with van der Waals surface area (Å²) >= 11 is 1.89. The third-order valence-corrected chi connectivity index (χ3v) is 5.61. The van der Waals surface area contributed by atoms with Gasteiger partial charge in [-0.25, -0.2) is 0 Å². The molecule has 1 aromatic rings. The minimum absolute atomic E-state index is 0.0350. The fourth-order valence-corrected chi connectivity index (χ4v) is 4.09. The molecule has 2 saturated heterocycles. The van der Waals surface area contributed by atoms with Gasteiger partial charge in [-0.05, 0) is 31.2 Å². The van der Waals surface area contributed by atoms with Gasteiger partial charge in [-0.2, -0.15) is 0 Å². The largest absolute Gasteiger partial charge is 0.494 e. The number of benzene rings is 1. The van der Waals surface area contributed by atoms with Crippen LogP contribution >= 0.6 is 11.8 Å². The molecule has 0 atom stereocenters. The van der Waals surface area contributed by atoms with E-state index in [4.69, 9.17) is 14.2 Å². The molecule has 2 fully saturated rings. The van der Waals surface area contributed by atoms with Gasteiger partial charge in [0.25, 0.3) is 5.91 Å². The van der Waals surface area contributed by atoms with Crippen LogP contribution in [0.1, 0.15) is 19.8 Å². The lowest BCUT2D eigenvalue weighted by molar-refractivity contribution is -0.136. The highest BCUT2D eigenvalue weighted by atomic mass is 32.2. The summed E-state index contributed by atoms with van der Waals surface area (Å²) in [6.07, 6.45) is 1.82. The lowest BCUT2D eigenvalue weighted by atomic mass is 10.1. The predicted molar refractivity (Wildman–Crippen MR) is 90.1 cm³/mol. The van der Waals surface area contributed by atoms with E-state index < -0.39 is 0 Å². The number of hydrogen-bond acceptors (Lipinski definition) is 5. The predicted octanol–water partition coefficient (Wildman–Crippen LogP) is 2.55. The molecule has 2 heterocycles. The number of carbonyl (C=O) groups excluding carboxylic acids is 1. The number of carbonyl (C=O) groups is 1. The molecular weight excluding hydrogens is 314 g/mol. The van der Waals surface area contributed by atoms with Crippen LogP contribution in [0.15, 0.2) is 24.3 Å². The summed E-state index contributed by atoms with van der Waals surface area (Å²) in [6, 6.07) is 7.35. The zero-order valence-electron chi connectivity index (χ0n) is 13.5. The SMILES string of the molecule is CCOc1ccc(OCC(=O)N2CCC3(CC2)OCCS3)cc1. The van der Waals surface area contributed by atoms with E-state index in [9.17, 15) is 4.79 Å². The Kier molecular flexibility index (Phi) is 5.33. The number of rotatable bonds is 5. The summed E-state index contributed by atoms with van der Waals surface area (Å²) < 4.78 is 16.8. The van der Waals surface area contributed by atoms with E-state index in [1.807, 2.05) is 47.9 Å². The lowest BCUT2D eigenvalue weighted by Crippen LogP contribution is -2.46. The molecule has 0 N–H and O–H groups in total. The zero-order valence-corrected chi connectivity index (χ0v) is 14.3. The fourth-order valence-electron chi connectivity index (χ4n) is 2.92. The first-order valence-electron chi connectivity index (χ1n) is 8.12. The van der Waals surface area contributed by atoms with Crippen LogP contribution in [0.4, 0.5) is 0 Å². The molecule has 0 aromatic heterocycles. The molecule has 0 bridgehead atoms. The van der Waals surface area contributed by atoms with Crippen molar-refractivity contribution in [1.82, 2.24) is 4.90 Å². The maximum absolute atomic E-state index is 12.3. The smallest absolute Gasteiger partial charge is 0.260 e. The van der Waals surface area contributed by atoms with Crippen molar-refractivity contribution >= 4 is 17.7 Å². The normalized spacial score (nSPS) is 19.8. The zero-order chi connectivity index (χ0) is 16.1. The van der Waals surface area contributed by atoms with Crippen LogP contribution in [-0.4, -0.2) is 54.4 Å². The van der Waals surface area contributed by atoms with Crippen LogP contribution in [0.5, 0.6) is 11.5 Å². The second-order valence-corrected chi connectivity index (χ2v) is 7.12. The third kappa shape index (κ3) is 4.12. The average molecular weight is 337 g/mol. The summed E-state index contributed by atoms with van der Waals surface area (Å²) in [6.45, 7) is 4.99. The molecule has 0 aliphatic carbocycles. The van der Waals surface area contributed by atoms with E-state index in [0.717, 1.165) is 44.0 Å². The molecule has 6 heteroatoms. The Hall–Kier alpha value is -1.40. The van der Waals surface area contributed by atoms with Gasteiger partial charge in [-0.3, -0.25) is 4.79 Å². The first kappa shape index (κ1) is 16.5. The van der Waals surface area contributed by atoms with Crippen molar-refractivity contribution in [2.24, 2.45) is 0 Å². The first-order chi connectivity index (χ1) is 11.2. The van der Waals surface area contributed by atoms with Gasteiger partial charge in [0.15, 0.2) is 6.61 Å². The number of ether oxygens (including phenoxy) is 3. The van der Waals surface area contributed by atoms with Crippen LogP contribution in [-0.2, 0) is 9.53 Å². The van der Waals surface area contributed by atoms with Gasteiger partial charge in [0, 0.05) is 31.7 Å². The molecule has 1 aromatic carbocycles. The van der Waals surface area contributed by atoms with E-state index in [1.54, 1.807) is 0 Å². The summed E-state index contributed by atoms with van der Waals surface area (Å²) in [5, 5.41) is 0. The molecule has 1 spiro atoms. The molecule has 0 unspecified atom stereocenters. The van der Waals surface area contributed by atoms with Crippen molar-refractivity contribution in [3.05, 3.63) is 24.3 Å². The average Bonchev–Trinajstić information content (AvgIpc) is 3.03. The highest BCUT2D eigenvalue weighted by Crippen LogP contribution is 2.41. The molecular formula is C17H23NO4S. The number of nitrogens with zero attached hydrogens (tertiary/aromatic N) is 1. The standard InChI is InChI=1S/C17H23NO4S/c1-2-20-14-3-5-15(6-4-14)21-13-16(19)18-9-7-17(8-10-18)22-11-12-23-17/h3-6H,2,7-13H2,1H3. The minimum atomic E-state index is -0.0350. The van der Waals surface area contributed by atoms with Gasteiger partial charge in [0.2, 0.25) is 0 Å². The third-order valence-electron chi connectivity index (χ3n) is 4.19. The quantitative estimate of drug-likeness (QED) is 0.826. The van der Waals surface area contributed by atoms with E-state index in [2.05, 4.69) is 0 Å². The highest BCUT2D eigenvalue weighted by molar-refractivity contribution is 8.00. The monoisotopic (exact) mass is 337 g/mol.